The molecule has 0 fully saturated rings. The van der Waals surface area contributed by atoms with Gasteiger partial charge in [0.2, 0.25) is 0 Å². The largest absolute Gasteiger partial charge is 0.377 e. The molecule has 0 bridgehead atoms. The minimum Gasteiger partial charge on any atom is -0.377 e. The van der Waals surface area contributed by atoms with Crippen molar-refractivity contribution in [1.29, 1.82) is 0 Å². The maximum absolute atomic E-state index is 5.37. The van der Waals surface area contributed by atoms with Crippen molar-refractivity contribution in [3.8, 4) is 0 Å². The van der Waals surface area contributed by atoms with E-state index in [1.807, 2.05) is 6.08 Å². The lowest BCUT2D eigenvalue weighted by Crippen LogP contribution is -2.20. The average Bonchev–Trinajstić information content (AvgIpc) is 1.90. The first-order chi connectivity index (χ1) is 3.93. The molecule has 1 aliphatic rings. The SMILES string of the molecule is NCC1C=CCOC1. The molecule has 1 heterocycles. The van der Waals surface area contributed by atoms with Crippen LogP contribution in [0.5, 0.6) is 0 Å². The van der Waals surface area contributed by atoms with E-state index >= 15 is 0 Å². The summed E-state index contributed by atoms with van der Waals surface area (Å²) in [5, 5.41) is 0. The first-order valence-corrected chi connectivity index (χ1v) is 2.88. The smallest absolute Gasteiger partial charge is 0.0647 e. The van der Waals surface area contributed by atoms with Crippen LogP contribution >= 0.6 is 0 Å². The van der Waals surface area contributed by atoms with Gasteiger partial charge < -0.3 is 10.5 Å². The van der Waals surface area contributed by atoms with Gasteiger partial charge in [0.25, 0.3) is 0 Å². The second-order valence-electron chi connectivity index (χ2n) is 1.96. The van der Waals surface area contributed by atoms with Crippen molar-refractivity contribution in [2.45, 2.75) is 0 Å². The van der Waals surface area contributed by atoms with Gasteiger partial charge in [0.05, 0.1) is 13.2 Å². The molecule has 0 saturated heterocycles. The van der Waals surface area contributed by atoms with Crippen molar-refractivity contribution < 1.29 is 4.74 Å². The van der Waals surface area contributed by atoms with Gasteiger partial charge in [-0.05, 0) is 0 Å². The molecule has 2 nitrogen and oxygen atoms in total. The fraction of sp³-hybridized carbons (Fsp3) is 0.667. The Morgan fingerprint density at radius 3 is 3.00 bits per heavy atom. The maximum atomic E-state index is 5.37. The summed E-state index contributed by atoms with van der Waals surface area (Å²) in [6, 6.07) is 0. The summed E-state index contributed by atoms with van der Waals surface area (Å²) >= 11 is 0. The Balaban J connectivity index is 2.32. The molecule has 0 spiro atoms. The number of hydrogen-bond donors (Lipinski definition) is 1. The Kier molecular flexibility index (Phi) is 2.06. The van der Waals surface area contributed by atoms with Crippen molar-refractivity contribution in [3.05, 3.63) is 12.2 Å². The van der Waals surface area contributed by atoms with E-state index in [1.165, 1.54) is 0 Å². The summed E-state index contributed by atoms with van der Waals surface area (Å²) < 4.78 is 5.11. The van der Waals surface area contributed by atoms with Gasteiger partial charge in [0.1, 0.15) is 0 Å². The van der Waals surface area contributed by atoms with E-state index in [9.17, 15) is 0 Å². The molecular weight excluding hydrogens is 102 g/mol. The third-order valence-corrected chi connectivity index (χ3v) is 1.26. The average molecular weight is 113 g/mol. The lowest BCUT2D eigenvalue weighted by atomic mass is 10.1. The monoisotopic (exact) mass is 113 g/mol. The van der Waals surface area contributed by atoms with Crippen molar-refractivity contribution in [2.75, 3.05) is 19.8 Å². The lowest BCUT2D eigenvalue weighted by Gasteiger charge is -2.13. The van der Waals surface area contributed by atoms with Crippen LogP contribution in [0, 0.1) is 5.92 Å². The lowest BCUT2D eigenvalue weighted by molar-refractivity contribution is 0.128. The van der Waals surface area contributed by atoms with E-state index < -0.39 is 0 Å². The van der Waals surface area contributed by atoms with Crippen LogP contribution in [0.25, 0.3) is 0 Å². The number of ether oxygens (including phenoxy) is 1. The summed E-state index contributed by atoms with van der Waals surface area (Å²) in [6.07, 6.45) is 4.13. The summed E-state index contributed by atoms with van der Waals surface area (Å²) in [4.78, 5) is 0. The maximum Gasteiger partial charge on any atom is 0.0647 e. The van der Waals surface area contributed by atoms with Crippen LogP contribution in [-0.2, 0) is 4.74 Å². The molecule has 2 N–H and O–H groups in total. The Morgan fingerprint density at radius 2 is 2.62 bits per heavy atom. The number of hydrogen-bond acceptors (Lipinski definition) is 2. The number of nitrogens with two attached hydrogens (primary N) is 1. The zero-order valence-electron chi connectivity index (χ0n) is 4.84. The van der Waals surface area contributed by atoms with E-state index in [0.29, 0.717) is 12.5 Å². The highest BCUT2D eigenvalue weighted by molar-refractivity contribution is 4.92. The molecule has 1 aliphatic heterocycles. The van der Waals surface area contributed by atoms with Gasteiger partial charge >= 0.3 is 0 Å². The van der Waals surface area contributed by atoms with Crippen molar-refractivity contribution >= 4 is 0 Å². The molecule has 1 unspecified atom stereocenters. The molecule has 1 atom stereocenters. The zero-order valence-corrected chi connectivity index (χ0v) is 4.84. The van der Waals surface area contributed by atoms with Gasteiger partial charge in [-0.3, -0.25) is 0 Å². The molecule has 0 saturated carbocycles. The predicted molar refractivity (Wildman–Crippen MR) is 32.5 cm³/mol. The minimum atomic E-state index is 0.462. The Labute approximate surface area is 49.3 Å². The van der Waals surface area contributed by atoms with Crippen LogP contribution in [0.2, 0.25) is 0 Å². The highest BCUT2D eigenvalue weighted by atomic mass is 16.5. The molecular formula is C6H11NO. The van der Waals surface area contributed by atoms with Gasteiger partial charge in [-0.25, -0.2) is 0 Å². The van der Waals surface area contributed by atoms with Crippen molar-refractivity contribution in [3.63, 3.8) is 0 Å². The van der Waals surface area contributed by atoms with E-state index in [0.717, 1.165) is 13.2 Å². The third kappa shape index (κ3) is 1.32. The highest BCUT2D eigenvalue weighted by Crippen LogP contribution is 2.02. The second kappa shape index (κ2) is 2.84. The second-order valence-corrected chi connectivity index (χ2v) is 1.96. The summed E-state index contributed by atoms with van der Waals surface area (Å²) in [5.74, 6) is 0.462. The predicted octanol–water partition coefficient (Wildman–Crippen LogP) is 0.148. The van der Waals surface area contributed by atoms with Crippen LogP contribution in [0.15, 0.2) is 12.2 Å². The molecule has 0 amide bonds. The molecule has 0 aromatic carbocycles. The highest BCUT2D eigenvalue weighted by Gasteiger charge is 2.03. The van der Waals surface area contributed by atoms with Crippen LogP contribution in [0.3, 0.4) is 0 Å². The Hall–Kier alpha value is -0.340. The fourth-order valence-electron chi connectivity index (χ4n) is 0.738. The molecule has 0 radical (unpaired) electrons. The first kappa shape index (κ1) is 5.79. The minimum absolute atomic E-state index is 0.462. The molecule has 46 valence electrons. The van der Waals surface area contributed by atoms with Gasteiger partial charge in [-0.15, -0.1) is 0 Å². The van der Waals surface area contributed by atoms with Gasteiger partial charge in [-0.1, -0.05) is 12.2 Å². The molecule has 0 aromatic rings. The van der Waals surface area contributed by atoms with Gasteiger partial charge in [-0.2, -0.15) is 0 Å². The summed E-state index contributed by atoms with van der Waals surface area (Å²) in [6.45, 7) is 2.26. The van der Waals surface area contributed by atoms with Crippen LogP contribution in [0.4, 0.5) is 0 Å². The van der Waals surface area contributed by atoms with Crippen molar-refractivity contribution in [2.24, 2.45) is 11.7 Å². The zero-order chi connectivity index (χ0) is 5.82. The van der Waals surface area contributed by atoms with E-state index in [2.05, 4.69) is 6.08 Å². The molecule has 1 rings (SSSR count). The summed E-state index contributed by atoms with van der Waals surface area (Å²) in [5.41, 5.74) is 5.37. The third-order valence-electron chi connectivity index (χ3n) is 1.26. The normalized spacial score (nSPS) is 28.4. The van der Waals surface area contributed by atoms with Crippen LogP contribution in [-0.4, -0.2) is 19.8 Å². The first-order valence-electron chi connectivity index (χ1n) is 2.88. The summed E-state index contributed by atoms with van der Waals surface area (Å²) in [7, 11) is 0. The van der Waals surface area contributed by atoms with Gasteiger partial charge in [0, 0.05) is 12.5 Å². The van der Waals surface area contributed by atoms with E-state index in [1.54, 1.807) is 0 Å². The quantitative estimate of drug-likeness (QED) is 0.491. The number of rotatable bonds is 1. The Bertz CT molecular complexity index is 90.5. The molecule has 2 heteroatoms. The molecule has 0 aliphatic carbocycles. The van der Waals surface area contributed by atoms with E-state index in [-0.39, 0.29) is 0 Å². The standard InChI is InChI=1S/C6H11NO/c7-4-6-2-1-3-8-5-6/h1-2,6H,3-5,7H2. The Morgan fingerprint density at radius 1 is 1.75 bits per heavy atom. The molecule has 0 aromatic heterocycles. The fourth-order valence-corrected chi connectivity index (χ4v) is 0.738. The van der Waals surface area contributed by atoms with Crippen LogP contribution < -0.4 is 5.73 Å². The van der Waals surface area contributed by atoms with E-state index in [4.69, 9.17) is 10.5 Å². The van der Waals surface area contributed by atoms with Gasteiger partial charge in [0.15, 0.2) is 0 Å². The topological polar surface area (TPSA) is 35.2 Å². The van der Waals surface area contributed by atoms with Crippen molar-refractivity contribution in [1.82, 2.24) is 0 Å². The molecule has 8 heavy (non-hydrogen) atoms. The van der Waals surface area contributed by atoms with Crippen LogP contribution in [0.1, 0.15) is 0 Å².